The molecule has 0 aliphatic carbocycles. The molecule has 4 aromatic heterocycles. The number of fused-ring (bicyclic) bond motifs is 1. The van der Waals surface area contributed by atoms with Gasteiger partial charge in [-0.25, -0.2) is 29.1 Å². The third kappa shape index (κ3) is 10.4. The maximum Gasteiger partial charge on any atom is 0.472 e. The van der Waals surface area contributed by atoms with Gasteiger partial charge in [-0.3, -0.25) is 19.2 Å². The number of hydrogen-bond acceptors (Lipinski definition) is 11. The number of halogens is 3. The number of alkyl halides is 3. The van der Waals surface area contributed by atoms with Crippen LogP contribution in [0.1, 0.15) is 61.8 Å². The van der Waals surface area contributed by atoms with Crippen LogP contribution in [0.15, 0.2) is 71.2 Å². The predicted molar refractivity (Wildman–Crippen MR) is 199 cm³/mol. The van der Waals surface area contributed by atoms with E-state index in [1.165, 1.54) is 35.3 Å². The van der Waals surface area contributed by atoms with Crippen LogP contribution in [0.5, 0.6) is 0 Å². The molecule has 14 nitrogen and oxygen atoms in total. The first-order valence-electron chi connectivity index (χ1n) is 17.1. The minimum atomic E-state index is -4.73. The molecule has 0 fully saturated rings. The number of pyridine rings is 3. The molecule has 292 valence electrons. The first-order valence-corrected chi connectivity index (χ1v) is 19.4. The predicted octanol–water partition coefficient (Wildman–Crippen LogP) is 7.84. The summed E-state index contributed by atoms with van der Waals surface area (Å²) >= 11 is 0.714. The Hall–Kier alpha value is -5.00. The van der Waals surface area contributed by atoms with Gasteiger partial charge in [-0.15, -0.1) is 11.3 Å². The highest BCUT2D eigenvalue weighted by molar-refractivity contribution is 7.47. The largest absolute Gasteiger partial charge is 0.472 e. The number of nitrogens with zero attached hydrogens (tertiary/aromatic N) is 4. The molecule has 4 heterocycles. The molecule has 0 radical (unpaired) electrons. The van der Waals surface area contributed by atoms with E-state index in [1.807, 2.05) is 13.8 Å². The lowest BCUT2D eigenvalue weighted by Crippen LogP contribution is -2.28. The maximum absolute atomic E-state index is 14.0. The summed E-state index contributed by atoms with van der Waals surface area (Å²) < 4.78 is 71.1. The van der Waals surface area contributed by atoms with Gasteiger partial charge in [0.05, 0.1) is 31.2 Å². The molecule has 0 bridgehead atoms. The third-order valence-electron chi connectivity index (χ3n) is 7.99. The zero-order valence-corrected chi connectivity index (χ0v) is 31.8. The summed E-state index contributed by atoms with van der Waals surface area (Å²) in [4.78, 5) is 62.6. The van der Waals surface area contributed by atoms with E-state index in [0.717, 1.165) is 5.38 Å². The number of phosphoric ester groups is 1. The average Bonchev–Trinajstić information content (AvgIpc) is 3.65. The highest BCUT2D eigenvalue weighted by Gasteiger charge is 2.34. The van der Waals surface area contributed by atoms with Gasteiger partial charge >= 0.3 is 26.0 Å². The van der Waals surface area contributed by atoms with Gasteiger partial charge in [0.1, 0.15) is 22.0 Å². The number of hydrogen-bond donors (Lipinski definition) is 3. The summed E-state index contributed by atoms with van der Waals surface area (Å²) in [7, 11) is -4.60. The zero-order valence-electron chi connectivity index (χ0n) is 30.1. The lowest BCUT2D eigenvalue weighted by atomic mass is 10.0. The highest BCUT2D eigenvalue weighted by Crippen LogP contribution is 2.45. The number of phosphoric acid groups is 1. The van der Waals surface area contributed by atoms with Crippen LogP contribution >= 0.6 is 19.2 Å². The molecule has 5 rings (SSSR count). The van der Waals surface area contributed by atoms with Gasteiger partial charge in [0.2, 0.25) is 5.43 Å². The van der Waals surface area contributed by atoms with Crippen molar-refractivity contribution in [1.82, 2.24) is 24.8 Å². The van der Waals surface area contributed by atoms with Gasteiger partial charge in [-0.05, 0) is 43.9 Å². The van der Waals surface area contributed by atoms with E-state index >= 15 is 0 Å². The average molecular weight is 803 g/mol. The van der Waals surface area contributed by atoms with E-state index in [4.69, 9.17) is 13.8 Å². The molecule has 19 heteroatoms. The van der Waals surface area contributed by atoms with Crippen molar-refractivity contribution in [3.05, 3.63) is 93.5 Å². The number of thiazole rings is 1. The lowest BCUT2D eigenvalue weighted by molar-refractivity contribution is -0.140. The topological polar surface area (TPSA) is 184 Å². The number of ether oxygens (including phenoxy) is 1. The summed E-state index contributed by atoms with van der Waals surface area (Å²) in [6, 6.07) is 10.1. The number of carbonyl (C=O) groups excluding carboxylic acids is 2. The number of urea groups is 1. The standard InChI is InChI=1S/C36H38F3N6O8PS/c1-5-40-35(48)44-30-14-25(33-43-29(20-55-33)36(37,38)39)27(16-41-30)23-13-26-31(46)28(34(47)51-6-2)17-45(32(26)42-15-23)24(12-21(3)4)19-53-54(49,50)52-18-22-10-8-7-9-11-22/h7-11,13-17,20-21,24H,5-6,12,18-19H2,1-4H3,(H,49,50)(H2,40,41,44,48)/t24-/m0/s1. The fourth-order valence-corrected chi connectivity index (χ4v) is 7.15. The number of carbonyl (C=O) groups is 2. The van der Waals surface area contributed by atoms with Gasteiger partial charge in [-0.2, -0.15) is 13.2 Å². The van der Waals surface area contributed by atoms with Crippen LogP contribution in [0.3, 0.4) is 0 Å². The van der Waals surface area contributed by atoms with Crippen LogP contribution in [-0.2, 0) is 31.1 Å². The summed E-state index contributed by atoms with van der Waals surface area (Å²) in [5, 5.41) is 5.80. The third-order valence-corrected chi connectivity index (χ3v) is 9.79. The molecule has 2 atom stereocenters. The molecular formula is C36H38F3N6O8PS. The van der Waals surface area contributed by atoms with Crippen LogP contribution in [-0.4, -0.2) is 56.2 Å². The first-order chi connectivity index (χ1) is 26.1. The number of amides is 2. The van der Waals surface area contributed by atoms with Gasteiger partial charge < -0.3 is 19.5 Å². The quantitative estimate of drug-likeness (QED) is 0.0692. The molecule has 3 N–H and O–H groups in total. The van der Waals surface area contributed by atoms with E-state index in [2.05, 4.69) is 25.6 Å². The SMILES string of the molecule is CCNC(=O)Nc1cc(-c2nc(C(F)(F)F)cs2)c(-c2cnc3c(c2)c(=O)c(C(=O)OCC)cn3[C@H](COP(=O)(O)OCc2ccccc2)CC(C)C)cn1. The first kappa shape index (κ1) is 41.2. The second-order valence-electron chi connectivity index (χ2n) is 12.5. The van der Waals surface area contributed by atoms with E-state index in [0.29, 0.717) is 29.9 Å². The number of nitrogens with one attached hydrogen (secondary N) is 2. The monoisotopic (exact) mass is 802 g/mol. The Balaban J connectivity index is 1.62. The number of anilines is 1. The van der Waals surface area contributed by atoms with Gasteiger partial charge in [0.15, 0.2) is 5.69 Å². The Labute approximate surface area is 317 Å². The van der Waals surface area contributed by atoms with Crippen LogP contribution in [0.25, 0.3) is 32.7 Å². The molecule has 1 unspecified atom stereocenters. The van der Waals surface area contributed by atoms with Crippen molar-refractivity contribution >= 4 is 48.0 Å². The highest BCUT2D eigenvalue weighted by atomic mass is 32.1. The van der Waals surface area contributed by atoms with E-state index < -0.39 is 43.2 Å². The van der Waals surface area contributed by atoms with Crippen molar-refractivity contribution < 1.29 is 46.0 Å². The molecule has 0 saturated heterocycles. The second kappa shape index (κ2) is 17.6. The van der Waals surface area contributed by atoms with Gasteiger partial charge in [0, 0.05) is 47.2 Å². The number of benzene rings is 1. The number of aromatic nitrogens is 4. The lowest BCUT2D eigenvalue weighted by Gasteiger charge is -2.25. The molecule has 1 aromatic carbocycles. The minimum Gasteiger partial charge on any atom is -0.462 e. The number of rotatable bonds is 15. The molecular weight excluding hydrogens is 764 g/mol. The number of esters is 1. The van der Waals surface area contributed by atoms with Crippen molar-refractivity contribution in [3.63, 3.8) is 0 Å². The molecule has 0 aliphatic rings. The maximum atomic E-state index is 14.0. The van der Waals surface area contributed by atoms with Crippen molar-refractivity contribution in [3.8, 4) is 21.7 Å². The summed E-state index contributed by atoms with van der Waals surface area (Å²) in [5.74, 6) is -0.932. The molecule has 0 spiro atoms. The molecule has 0 aliphatic heterocycles. The minimum absolute atomic E-state index is 0.0135. The molecule has 2 amide bonds. The Morgan fingerprint density at radius 1 is 1.05 bits per heavy atom. The van der Waals surface area contributed by atoms with E-state index in [-0.39, 0.29) is 69.9 Å². The normalized spacial score (nSPS) is 13.4. The summed E-state index contributed by atoms with van der Waals surface area (Å²) in [6.07, 6.45) is -0.460. The molecule has 5 aromatic rings. The Kier molecular flexibility index (Phi) is 13.2. The van der Waals surface area contributed by atoms with E-state index in [1.54, 1.807) is 44.2 Å². The Morgan fingerprint density at radius 3 is 2.45 bits per heavy atom. The molecule has 55 heavy (non-hydrogen) atoms. The van der Waals surface area contributed by atoms with Gasteiger partial charge in [-0.1, -0.05) is 44.2 Å². The summed E-state index contributed by atoms with van der Waals surface area (Å²) in [6.45, 7) is 6.77. The Morgan fingerprint density at radius 2 is 1.80 bits per heavy atom. The fraction of sp³-hybridized carbons (Fsp3) is 0.333. The van der Waals surface area contributed by atoms with Crippen LogP contribution in [0.4, 0.5) is 23.8 Å². The van der Waals surface area contributed by atoms with Crippen molar-refractivity contribution in [2.45, 2.75) is 52.9 Å². The smallest absolute Gasteiger partial charge is 0.462 e. The van der Waals surface area contributed by atoms with Crippen molar-refractivity contribution in [2.24, 2.45) is 5.92 Å². The van der Waals surface area contributed by atoms with Crippen LogP contribution < -0.4 is 16.1 Å². The Bertz CT molecular complexity index is 2270. The van der Waals surface area contributed by atoms with Crippen molar-refractivity contribution in [1.29, 1.82) is 0 Å². The van der Waals surface area contributed by atoms with E-state index in [9.17, 15) is 37.0 Å². The molecule has 0 saturated carbocycles. The van der Waals surface area contributed by atoms with Gasteiger partial charge in [0.25, 0.3) is 0 Å². The summed E-state index contributed by atoms with van der Waals surface area (Å²) in [5.41, 5.74) is -0.930. The second-order valence-corrected chi connectivity index (χ2v) is 14.8. The zero-order chi connectivity index (χ0) is 39.9. The fourth-order valence-electron chi connectivity index (χ4n) is 5.55. The van der Waals surface area contributed by atoms with Crippen molar-refractivity contribution in [2.75, 3.05) is 25.1 Å². The van der Waals surface area contributed by atoms with Crippen LogP contribution in [0.2, 0.25) is 0 Å². The van der Waals surface area contributed by atoms with Crippen LogP contribution in [0, 0.1) is 5.92 Å².